The normalized spacial score (nSPS) is 10.7. The van der Waals surface area contributed by atoms with Crippen molar-refractivity contribution in [2.24, 2.45) is 10.9 Å². The predicted octanol–water partition coefficient (Wildman–Crippen LogP) is 1.43. The minimum absolute atomic E-state index is 0.0525. The van der Waals surface area contributed by atoms with E-state index in [2.05, 4.69) is 5.10 Å². The van der Waals surface area contributed by atoms with E-state index in [-0.39, 0.29) is 11.6 Å². The fourth-order valence-electron chi connectivity index (χ4n) is 1.11. The topological polar surface area (TPSA) is 67.8 Å². The first-order valence-electron chi connectivity index (χ1n) is 3.92. The van der Waals surface area contributed by atoms with Gasteiger partial charge in [0.25, 0.3) is 0 Å². The molecular weight excluding hydrogens is 204 g/mol. The van der Waals surface area contributed by atoms with Gasteiger partial charge in [0.1, 0.15) is 0 Å². The number of benzene rings is 1. The zero-order valence-electron chi connectivity index (χ0n) is 7.70. The summed E-state index contributed by atoms with van der Waals surface area (Å²) in [6, 6.07) is 3.32. The molecule has 5 heteroatoms. The molecule has 0 aliphatic carbocycles. The van der Waals surface area contributed by atoms with Gasteiger partial charge in [-0.3, -0.25) is 0 Å². The fourth-order valence-corrected chi connectivity index (χ4v) is 1.31. The third-order valence-corrected chi connectivity index (χ3v) is 2.05. The van der Waals surface area contributed by atoms with Crippen molar-refractivity contribution < 1.29 is 9.84 Å². The molecule has 76 valence electrons. The molecule has 0 saturated heterocycles. The molecule has 0 bridgehead atoms. The van der Waals surface area contributed by atoms with Crippen molar-refractivity contribution in [1.82, 2.24) is 0 Å². The van der Waals surface area contributed by atoms with Gasteiger partial charge in [-0.2, -0.15) is 5.10 Å². The molecule has 0 atom stereocenters. The summed E-state index contributed by atoms with van der Waals surface area (Å²) in [5.41, 5.74) is 1.32. The Morgan fingerprint density at radius 2 is 2.36 bits per heavy atom. The molecule has 0 saturated carbocycles. The van der Waals surface area contributed by atoms with Crippen LogP contribution in [-0.4, -0.2) is 18.4 Å². The second-order valence-corrected chi connectivity index (χ2v) is 2.91. The van der Waals surface area contributed by atoms with Crippen LogP contribution in [0.4, 0.5) is 0 Å². The first-order valence-corrected chi connectivity index (χ1v) is 4.45. The highest BCUT2D eigenvalue weighted by Crippen LogP contribution is 2.31. The lowest BCUT2D eigenvalue weighted by atomic mass is 10.1. The molecule has 0 fully saturated rings. The van der Waals surface area contributed by atoms with Crippen molar-refractivity contribution >= 4 is 17.8 Å². The molecule has 3 N–H and O–H groups in total. The van der Waals surface area contributed by atoms with Crippen LogP contribution in [0.25, 0.3) is 0 Å². The molecule has 0 radical (unpaired) electrons. The number of methoxy groups -OCH3 is 1. The highest BCUT2D eigenvalue weighted by Gasteiger charge is 2.08. The summed E-state index contributed by atoms with van der Waals surface area (Å²) < 4.78 is 4.96. The zero-order chi connectivity index (χ0) is 10.6. The van der Waals surface area contributed by atoms with Crippen LogP contribution in [0.5, 0.6) is 11.5 Å². The molecule has 1 aromatic rings. The van der Waals surface area contributed by atoms with Crippen LogP contribution in [0, 0.1) is 0 Å². The Morgan fingerprint density at radius 3 is 2.86 bits per heavy atom. The Bertz CT molecular complexity index is 328. The second-order valence-electron chi connectivity index (χ2n) is 2.64. The van der Waals surface area contributed by atoms with Crippen molar-refractivity contribution in [2.45, 2.75) is 5.88 Å². The standard InChI is InChI=1S/C9H11ClN2O2/c1-14-8-3-6(5-12-11)2-7(4-10)9(8)13/h2-3,5,13H,4,11H2,1H3. The van der Waals surface area contributed by atoms with Crippen LogP contribution in [-0.2, 0) is 5.88 Å². The fraction of sp³-hybridized carbons (Fsp3) is 0.222. The van der Waals surface area contributed by atoms with Gasteiger partial charge in [0.2, 0.25) is 0 Å². The molecule has 0 amide bonds. The summed E-state index contributed by atoms with van der Waals surface area (Å²) >= 11 is 5.64. The van der Waals surface area contributed by atoms with E-state index in [4.69, 9.17) is 22.2 Å². The van der Waals surface area contributed by atoms with E-state index in [9.17, 15) is 5.11 Å². The number of alkyl halides is 1. The molecule has 0 aromatic heterocycles. The summed E-state index contributed by atoms with van der Waals surface area (Å²) in [6.07, 6.45) is 1.46. The number of hydrogen-bond donors (Lipinski definition) is 2. The van der Waals surface area contributed by atoms with Crippen LogP contribution in [0.2, 0.25) is 0 Å². The maximum absolute atomic E-state index is 9.60. The average molecular weight is 215 g/mol. The number of hydrazone groups is 1. The average Bonchev–Trinajstić information content (AvgIpc) is 2.20. The minimum Gasteiger partial charge on any atom is -0.504 e. The van der Waals surface area contributed by atoms with Gasteiger partial charge in [0.15, 0.2) is 11.5 Å². The Balaban J connectivity index is 3.24. The quantitative estimate of drug-likeness (QED) is 0.346. The third kappa shape index (κ3) is 2.09. The Labute approximate surface area is 86.9 Å². The Kier molecular flexibility index (Phi) is 3.59. The lowest BCUT2D eigenvalue weighted by Crippen LogP contribution is -1.93. The maximum atomic E-state index is 9.60. The van der Waals surface area contributed by atoms with Crippen LogP contribution in [0.1, 0.15) is 11.1 Å². The summed E-state index contributed by atoms with van der Waals surface area (Å²) in [5.74, 6) is 5.63. The summed E-state index contributed by atoms with van der Waals surface area (Å²) in [7, 11) is 1.47. The first kappa shape index (κ1) is 10.7. The number of phenols is 1. The van der Waals surface area contributed by atoms with Gasteiger partial charge in [0, 0.05) is 5.56 Å². The van der Waals surface area contributed by atoms with E-state index in [1.54, 1.807) is 12.1 Å². The van der Waals surface area contributed by atoms with Crippen molar-refractivity contribution in [3.8, 4) is 11.5 Å². The molecule has 0 unspecified atom stereocenters. The molecule has 14 heavy (non-hydrogen) atoms. The van der Waals surface area contributed by atoms with Gasteiger partial charge in [-0.15, -0.1) is 11.6 Å². The number of aromatic hydroxyl groups is 1. The molecular formula is C9H11ClN2O2. The zero-order valence-corrected chi connectivity index (χ0v) is 8.45. The van der Waals surface area contributed by atoms with Crippen LogP contribution in [0.15, 0.2) is 17.2 Å². The SMILES string of the molecule is COc1cc(C=NN)cc(CCl)c1O. The van der Waals surface area contributed by atoms with Crippen molar-refractivity contribution in [3.63, 3.8) is 0 Å². The number of nitrogens with zero attached hydrogens (tertiary/aromatic N) is 1. The lowest BCUT2D eigenvalue weighted by Gasteiger charge is -2.08. The summed E-state index contributed by atoms with van der Waals surface area (Å²) in [4.78, 5) is 0. The smallest absolute Gasteiger partial charge is 0.162 e. The largest absolute Gasteiger partial charge is 0.504 e. The minimum atomic E-state index is 0.0525. The summed E-state index contributed by atoms with van der Waals surface area (Å²) in [5, 5.41) is 13.0. The summed E-state index contributed by atoms with van der Waals surface area (Å²) in [6.45, 7) is 0. The molecule has 4 nitrogen and oxygen atoms in total. The van der Waals surface area contributed by atoms with Crippen molar-refractivity contribution in [1.29, 1.82) is 0 Å². The number of nitrogens with two attached hydrogens (primary N) is 1. The monoisotopic (exact) mass is 214 g/mol. The van der Waals surface area contributed by atoms with Gasteiger partial charge in [0.05, 0.1) is 19.2 Å². The molecule has 0 heterocycles. The van der Waals surface area contributed by atoms with Gasteiger partial charge in [-0.1, -0.05) is 0 Å². The highest BCUT2D eigenvalue weighted by atomic mass is 35.5. The Hall–Kier alpha value is -1.42. The maximum Gasteiger partial charge on any atom is 0.162 e. The van der Waals surface area contributed by atoms with Gasteiger partial charge in [-0.25, -0.2) is 0 Å². The molecule has 1 aromatic carbocycles. The highest BCUT2D eigenvalue weighted by molar-refractivity contribution is 6.17. The van der Waals surface area contributed by atoms with E-state index >= 15 is 0 Å². The molecule has 0 aliphatic rings. The van der Waals surface area contributed by atoms with E-state index in [1.807, 2.05) is 0 Å². The van der Waals surface area contributed by atoms with Crippen molar-refractivity contribution in [3.05, 3.63) is 23.3 Å². The van der Waals surface area contributed by atoms with E-state index in [0.717, 1.165) is 5.56 Å². The van der Waals surface area contributed by atoms with Gasteiger partial charge >= 0.3 is 0 Å². The molecule has 1 rings (SSSR count). The van der Waals surface area contributed by atoms with E-state index in [1.165, 1.54) is 13.3 Å². The second kappa shape index (κ2) is 4.72. The Morgan fingerprint density at radius 1 is 1.64 bits per heavy atom. The number of rotatable bonds is 3. The lowest BCUT2D eigenvalue weighted by molar-refractivity contribution is 0.371. The first-order chi connectivity index (χ1) is 6.72. The molecule has 0 aliphatic heterocycles. The van der Waals surface area contributed by atoms with E-state index < -0.39 is 0 Å². The van der Waals surface area contributed by atoms with Gasteiger partial charge in [-0.05, 0) is 17.7 Å². The predicted molar refractivity (Wildman–Crippen MR) is 56.0 cm³/mol. The third-order valence-electron chi connectivity index (χ3n) is 1.76. The molecule has 0 spiro atoms. The van der Waals surface area contributed by atoms with Gasteiger partial charge < -0.3 is 15.7 Å². The van der Waals surface area contributed by atoms with Crippen LogP contribution in [0.3, 0.4) is 0 Å². The van der Waals surface area contributed by atoms with Crippen LogP contribution >= 0.6 is 11.6 Å². The number of halogens is 1. The van der Waals surface area contributed by atoms with Crippen LogP contribution < -0.4 is 10.6 Å². The number of hydrogen-bond acceptors (Lipinski definition) is 4. The van der Waals surface area contributed by atoms with Crippen molar-refractivity contribution in [2.75, 3.05) is 7.11 Å². The number of ether oxygens (including phenoxy) is 1. The number of phenolic OH excluding ortho intramolecular Hbond substituents is 1. The van der Waals surface area contributed by atoms with E-state index in [0.29, 0.717) is 11.3 Å².